The number of anilines is 1. The molecule has 2 heterocycles. The Kier molecular flexibility index (Phi) is 5.35. The summed E-state index contributed by atoms with van der Waals surface area (Å²) in [7, 11) is 2.02. The van der Waals surface area contributed by atoms with Gasteiger partial charge in [-0.15, -0.1) is 0 Å². The van der Waals surface area contributed by atoms with E-state index in [0.717, 1.165) is 30.4 Å². The molecule has 1 aliphatic rings. The molecular formula is C16H28N4. The second-order valence-corrected chi connectivity index (χ2v) is 6.12. The van der Waals surface area contributed by atoms with Crippen molar-refractivity contribution < 1.29 is 0 Å². The van der Waals surface area contributed by atoms with Crippen LogP contribution in [0.2, 0.25) is 0 Å². The highest BCUT2D eigenvalue weighted by atomic mass is 15.3. The molecule has 1 unspecified atom stereocenters. The van der Waals surface area contributed by atoms with E-state index in [1.165, 1.54) is 25.7 Å². The standard InChI is InChI=1S/C16H28N4/c1-12(2)15-11-13(3)18-16(19-15)20-10-6-5-7-14(20)8-9-17-4/h11-12,14,17H,5-10H2,1-4H3. The van der Waals surface area contributed by atoms with Crippen LogP contribution in [0.4, 0.5) is 5.95 Å². The van der Waals surface area contributed by atoms with Crippen molar-refractivity contribution in [3.63, 3.8) is 0 Å². The van der Waals surface area contributed by atoms with Crippen LogP contribution in [-0.2, 0) is 0 Å². The number of hydrogen-bond donors (Lipinski definition) is 1. The van der Waals surface area contributed by atoms with E-state index in [0.29, 0.717) is 12.0 Å². The third kappa shape index (κ3) is 3.69. The van der Waals surface area contributed by atoms with Crippen LogP contribution in [0, 0.1) is 6.92 Å². The van der Waals surface area contributed by atoms with Crippen molar-refractivity contribution in [2.75, 3.05) is 25.0 Å². The van der Waals surface area contributed by atoms with Crippen LogP contribution in [0.3, 0.4) is 0 Å². The monoisotopic (exact) mass is 276 g/mol. The largest absolute Gasteiger partial charge is 0.338 e. The van der Waals surface area contributed by atoms with Gasteiger partial charge in [0, 0.05) is 24.0 Å². The molecule has 4 nitrogen and oxygen atoms in total. The molecule has 1 atom stereocenters. The normalized spacial score (nSPS) is 19.6. The van der Waals surface area contributed by atoms with Gasteiger partial charge in [0.05, 0.1) is 0 Å². The number of aryl methyl sites for hydroxylation is 1. The number of nitrogens with one attached hydrogen (secondary N) is 1. The third-order valence-corrected chi connectivity index (χ3v) is 4.07. The molecule has 0 saturated carbocycles. The van der Waals surface area contributed by atoms with Gasteiger partial charge < -0.3 is 10.2 Å². The minimum atomic E-state index is 0.455. The van der Waals surface area contributed by atoms with Crippen molar-refractivity contribution in [3.05, 3.63) is 17.5 Å². The first-order valence-electron chi connectivity index (χ1n) is 7.88. The summed E-state index contributed by atoms with van der Waals surface area (Å²) in [6.45, 7) is 8.61. The van der Waals surface area contributed by atoms with E-state index in [4.69, 9.17) is 9.97 Å². The zero-order chi connectivity index (χ0) is 14.5. The fraction of sp³-hybridized carbons (Fsp3) is 0.750. The lowest BCUT2D eigenvalue weighted by atomic mass is 9.99. The average molecular weight is 276 g/mol. The number of aromatic nitrogens is 2. The Morgan fingerprint density at radius 1 is 1.35 bits per heavy atom. The van der Waals surface area contributed by atoms with E-state index in [-0.39, 0.29) is 0 Å². The molecule has 0 radical (unpaired) electrons. The van der Waals surface area contributed by atoms with Crippen molar-refractivity contribution in [1.29, 1.82) is 0 Å². The maximum Gasteiger partial charge on any atom is 0.226 e. The third-order valence-electron chi connectivity index (χ3n) is 4.07. The van der Waals surface area contributed by atoms with E-state index >= 15 is 0 Å². The van der Waals surface area contributed by atoms with Gasteiger partial charge in [-0.1, -0.05) is 13.8 Å². The van der Waals surface area contributed by atoms with Gasteiger partial charge in [-0.05, 0) is 58.2 Å². The van der Waals surface area contributed by atoms with Crippen molar-refractivity contribution >= 4 is 5.95 Å². The second-order valence-electron chi connectivity index (χ2n) is 6.12. The Morgan fingerprint density at radius 2 is 2.15 bits per heavy atom. The molecule has 2 rings (SSSR count). The molecule has 0 aliphatic carbocycles. The second kappa shape index (κ2) is 7.02. The fourth-order valence-electron chi connectivity index (χ4n) is 2.88. The van der Waals surface area contributed by atoms with Gasteiger partial charge in [0.15, 0.2) is 0 Å². The van der Waals surface area contributed by atoms with Crippen LogP contribution in [0.25, 0.3) is 0 Å². The van der Waals surface area contributed by atoms with Gasteiger partial charge in [-0.25, -0.2) is 9.97 Å². The summed E-state index contributed by atoms with van der Waals surface area (Å²) in [4.78, 5) is 11.9. The van der Waals surface area contributed by atoms with Crippen molar-refractivity contribution in [3.8, 4) is 0 Å². The molecule has 1 aliphatic heterocycles. The first-order chi connectivity index (χ1) is 9.61. The molecular weight excluding hydrogens is 248 g/mol. The predicted molar refractivity (Wildman–Crippen MR) is 84.4 cm³/mol. The SMILES string of the molecule is CNCCC1CCCCN1c1nc(C)cc(C(C)C)n1. The first kappa shape index (κ1) is 15.2. The molecule has 1 saturated heterocycles. The van der Waals surface area contributed by atoms with Gasteiger partial charge in [-0.2, -0.15) is 0 Å². The summed E-state index contributed by atoms with van der Waals surface area (Å²) in [5.74, 6) is 1.39. The maximum atomic E-state index is 4.81. The fourth-order valence-corrected chi connectivity index (χ4v) is 2.88. The topological polar surface area (TPSA) is 41.0 Å². The lowest BCUT2D eigenvalue weighted by Crippen LogP contribution is -2.42. The molecule has 1 aromatic heterocycles. The van der Waals surface area contributed by atoms with Crippen molar-refractivity contribution in [2.45, 2.75) is 58.4 Å². The smallest absolute Gasteiger partial charge is 0.226 e. The van der Waals surface area contributed by atoms with Crippen LogP contribution >= 0.6 is 0 Å². The van der Waals surface area contributed by atoms with E-state index in [1.807, 2.05) is 7.05 Å². The van der Waals surface area contributed by atoms with Gasteiger partial charge in [0.1, 0.15) is 0 Å². The minimum Gasteiger partial charge on any atom is -0.338 e. The van der Waals surface area contributed by atoms with Crippen LogP contribution < -0.4 is 10.2 Å². The van der Waals surface area contributed by atoms with E-state index < -0.39 is 0 Å². The van der Waals surface area contributed by atoms with E-state index in [1.54, 1.807) is 0 Å². The molecule has 4 heteroatoms. The Hall–Kier alpha value is -1.16. The number of hydrogen-bond acceptors (Lipinski definition) is 4. The lowest BCUT2D eigenvalue weighted by Gasteiger charge is -2.36. The highest BCUT2D eigenvalue weighted by Crippen LogP contribution is 2.25. The molecule has 20 heavy (non-hydrogen) atoms. The average Bonchev–Trinajstić information content (AvgIpc) is 2.44. The summed E-state index contributed by atoms with van der Waals surface area (Å²) in [6, 6.07) is 2.69. The molecule has 1 N–H and O–H groups in total. The molecule has 0 bridgehead atoms. The quantitative estimate of drug-likeness (QED) is 0.898. The Labute approximate surface area is 123 Å². The van der Waals surface area contributed by atoms with Gasteiger partial charge in [-0.3, -0.25) is 0 Å². The summed E-state index contributed by atoms with van der Waals surface area (Å²) in [6.07, 6.45) is 5.01. The summed E-state index contributed by atoms with van der Waals surface area (Å²) in [5.41, 5.74) is 2.24. The molecule has 0 aromatic carbocycles. The first-order valence-corrected chi connectivity index (χ1v) is 7.88. The zero-order valence-corrected chi connectivity index (χ0v) is 13.3. The highest BCUT2D eigenvalue weighted by Gasteiger charge is 2.24. The Bertz CT molecular complexity index is 430. The minimum absolute atomic E-state index is 0.455. The summed E-state index contributed by atoms with van der Waals surface area (Å²) < 4.78 is 0. The van der Waals surface area contributed by atoms with Crippen molar-refractivity contribution in [1.82, 2.24) is 15.3 Å². The van der Waals surface area contributed by atoms with Crippen LogP contribution in [0.1, 0.15) is 56.8 Å². The molecule has 1 aromatic rings. The Balaban J connectivity index is 2.22. The van der Waals surface area contributed by atoms with Gasteiger partial charge >= 0.3 is 0 Å². The van der Waals surface area contributed by atoms with Crippen LogP contribution in [0.15, 0.2) is 6.07 Å². The lowest BCUT2D eigenvalue weighted by molar-refractivity contribution is 0.426. The number of piperidine rings is 1. The van der Waals surface area contributed by atoms with E-state index in [9.17, 15) is 0 Å². The predicted octanol–water partition coefficient (Wildman–Crippen LogP) is 2.88. The van der Waals surface area contributed by atoms with Gasteiger partial charge in [0.2, 0.25) is 5.95 Å². The summed E-state index contributed by atoms with van der Waals surface area (Å²) in [5, 5.41) is 3.26. The number of rotatable bonds is 5. The molecule has 1 fully saturated rings. The van der Waals surface area contributed by atoms with E-state index in [2.05, 4.69) is 37.1 Å². The van der Waals surface area contributed by atoms with Gasteiger partial charge in [0.25, 0.3) is 0 Å². The molecule has 112 valence electrons. The van der Waals surface area contributed by atoms with Crippen LogP contribution in [-0.4, -0.2) is 36.1 Å². The van der Waals surface area contributed by atoms with Crippen molar-refractivity contribution in [2.24, 2.45) is 0 Å². The molecule has 0 amide bonds. The highest BCUT2D eigenvalue weighted by molar-refractivity contribution is 5.35. The summed E-state index contributed by atoms with van der Waals surface area (Å²) >= 11 is 0. The zero-order valence-electron chi connectivity index (χ0n) is 13.3. The number of nitrogens with zero attached hydrogens (tertiary/aromatic N) is 3. The van der Waals surface area contributed by atoms with Crippen LogP contribution in [0.5, 0.6) is 0 Å². The maximum absolute atomic E-state index is 4.81. The Morgan fingerprint density at radius 3 is 2.85 bits per heavy atom. The molecule has 0 spiro atoms.